The van der Waals surface area contributed by atoms with Crippen LogP contribution in [0.25, 0.3) is 0 Å². The maximum Gasteiger partial charge on any atom is 0.0541 e. The molecule has 0 aliphatic carbocycles. The Labute approximate surface area is 121 Å². The van der Waals surface area contributed by atoms with Crippen molar-refractivity contribution in [2.45, 2.75) is 19.0 Å². The standard InChI is InChI=1S/C15H17BrN2O/c16-14-7-2-1-6-13(14)15(8-10-19)18-11-12-5-3-4-9-17-12/h1-7,9,15,18-19H,8,10-11H2/t15-/m0/s1. The van der Waals surface area contributed by atoms with Crippen LogP contribution in [0, 0.1) is 0 Å². The zero-order chi connectivity index (χ0) is 13.5. The number of nitrogens with zero attached hydrogens (tertiary/aromatic N) is 1. The number of halogens is 1. The molecule has 0 aliphatic heterocycles. The fourth-order valence-corrected chi connectivity index (χ4v) is 2.55. The Balaban J connectivity index is 2.07. The van der Waals surface area contributed by atoms with Gasteiger partial charge in [0, 0.05) is 29.9 Å². The average Bonchev–Trinajstić information content (AvgIpc) is 2.45. The molecule has 0 unspecified atom stereocenters. The predicted octanol–water partition coefficient (Wildman–Crippen LogP) is 3.06. The number of aliphatic hydroxyl groups excluding tert-OH is 1. The Bertz CT molecular complexity index is 505. The van der Waals surface area contributed by atoms with Gasteiger partial charge in [0.25, 0.3) is 0 Å². The molecule has 0 fully saturated rings. The van der Waals surface area contributed by atoms with E-state index in [1.54, 1.807) is 6.20 Å². The smallest absolute Gasteiger partial charge is 0.0541 e. The SMILES string of the molecule is OCC[C@H](NCc1ccccn1)c1ccccc1Br. The van der Waals surface area contributed by atoms with Gasteiger partial charge in [-0.1, -0.05) is 40.2 Å². The van der Waals surface area contributed by atoms with E-state index >= 15 is 0 Å². The van der Waals surface area contributed by atoms with Gasteiger partial charge in [0.05, 0.1) is 5.69 Å². The van der Waals surface area contributed by atoms with E-state index in [0.29, 0.717) is 13.0 Å². The number of hydrogen-bond acceptors (Lipinski definition) is 3. The van der Waals surface area contributed by atoms with E-state index in [4.69, 9.17) is 0 Å². The van der Waals surface area contributed by atoms with Gasteiger partial charge in [0.15, 0.2) is 0 Å². The van der Waals surface area contributed by atoms with E-state index in [0.717, 1.165) is 15.7 Å². The van der Waals surface area contributed by atoms with Crippen molar-refractivity contribution in [3.63, 3.8) is 0 Å². The van der Waals surface area contributed by atoms with Crippen molar-refractivity contribution < 1.29 is 5.11 Å². The maximum absolute atomic E-state index is 9.22. The van der Waals surface area contributed by atoms with E-state index in [-0.39, 0.29) is 12.6 Å². The average molecular weight is 321 g/mol. The van der Waals surface area contributed by atoms with Crippen LogP contribution < -0.4 is 5.32 Å². The van der Waals surface area contributed by atoms with Gasteiger partial charge in [0.1, 0.15) is 0 Å². The van der Waals surface area contributed by atoms with E-state index in [1.807, 2.05) is 36.4 Å². The highest BCUT2D eigenvalue weighted by Gasteiger charge is 2.13. The molecule has 0 spiro atoms. The van der Waals surface area contributed by atoms with Crippen LogP contribution in [0.4, 0.5) is 0 Å². The summed E-state index contributed by atoms with van der Waals surface area (Å²) in [4.78, 5) is 4.29. The molecule has 1 aromatic heterocycles. The van der Waals surface area contributed by atoms with Crippen LogP contribution in [0.15, 0.2) is 53.1 Å². The minimum atomic E-state index is 0.114. The van der Waals surface area contributed by atoms with Gasteiger partial charge >= 0.3 is 0 Å². The Kier molecular flexibility index (Phi) is 5.51. The first-order valence-corrected chi connectivity index (χ1v) is 7.09. The van der Waals surface area contributed by atoms with Crippen LogP contribution in [0.5, 0.6) is 0 Å². The minimum absolute atomic E-state index is 0.114. The number of pyridine rings is 1. The van der Waals surface area contributed by atoms with E-state index in [2.05, 4.69) is 32.3 Å². The van der Waals surface area contributed by atoms with E-state index in [1.165, 1.54) is 0 Å². The molecule has 0 radical (unpaired) electrons. The molecule has 1 atom stereocenters. The predicted molar refractivity (Wildman–Crippen MR) is 79.7 cm³/mol. The number of aliphatic hydroxyl groups is 1. The van der Waals surface area contributed by atoms with Crippen molar-refractivity contribution >= 4 is 15.9 Å². The van der Waals surface area contributed by atoms with Crippen LogP contribution in [0.1, 0.15) is 23.7 Å². The summed E-state index contributed by atoms with van der Waals surface area (Å²) in [6, 6.07) is 14.1. The first-order chi connectivity index (χ1) is 9.31. The molecule has 1 heterocycles. The van der Waals surface area contributed by atoms with Crippen LogP contribution in [-0.2, 0) is 6.54 Å². The molecule has 1 aromatic carbocycles. The van der Waals surface area contributed by atoms with E-state index in [9.17, 15) is 5.11 Å². The van der Waals surface area contributed by atoms with Gasteiger partial charge in [-0.2, -0.15) is 0 Å². The normalized spacial score (nSPS) is 12.3. The third-order valence-corrected chi connectivity index (χ3v) is 3.68. The van der Waals surface area contributed by atoms with Gasteiger partial charge in [-0.3, -0.25) is 4.98 Å². The summed E-state index contributed by atoms with van der Waals surface area (Å²) in [5.41, 5.74) is 2.16. The Morgan fingerprint density at radius 3 is 2.63 bits per heavy atom. The summed E-state index contributed by atoms with van der Waals surface area (Å²) in [5.74, 6) is 0. The van der Waals surface area contributed by atoms with E-state index < -0.39 is 0 Å². The first-order valence-electron chi connectivity index (χ1n) is 6.30. The number of hydrogen-bond donors (Lipinski definition) is 2. The highest BCUT2D eigenvalue weighted by Crippen LogP contribution is 2.25. The highest BCUT2D eigenvalue weighted by molar-refractivity contribution is 9.10. The second-order valence-corrected chi connectivity index (χ2v) is 5.14. The van der Waals surface area contributed by atoms with Gasteiger partial charge in [-0.15, -0.1) is 0 Å². The summed E-state index contributed by atoms with van der Waals surface area (Å²) < 4.78 is 1.06. The lowest BCUT2D eigenvalue weighted by molar-refractivity contribution is 0.264. The van der Waals surface area contributed by atoms with Crippen molar-refractivity contribution in [2.24, 2.45) is 0 Å². The number of benzene rings is 1. The zero-order valence-electron chi connectivity index (χ0n) is 10.6. The first kappa shape index (κ1) is 14.2. The summed E-state index contributed by atoms with van der Waals surface area (Å²) >= 11 is 3.56. The molecule has 0 saturated heterocycles. The molecular formula is C15H17BrN2O. The van der Waals surface area contributed by atoms with Gasteiger partial charge in [-0.05, 0) is 30.2 Å². The largest absolute Gasteiger partial charge is 0.396 e. The summed E-state index contributed by atoms with van der Waals surface area (Å²) in [7, 11) is 0. The molecule has 0 bridgehead atoms. The second kappa shape index (κ2) is 7.38. The van der Waals surface area contributed by atoms with Crippen LogP contribution in [-0.4, -0.2) is 16.7 Å². The second-order valence-electron chi connectivity index (χ2n) is 4.29. The third kappa shape index (κ3) is 4.13. The van der Waals surface area contributed by atoms with Crippen molar-refractivity contribution in [2.75, 3.05) is 6.61 Å². The minimum Gasteiger partial charge on any atom is -0.396 e. The van der Waals surface area contributed by atoms with Crippen LogP contribution in [0.2, 0.25) is 0 Å². The van der Waals surface area contributed by atoms with Crippen molar-refractivity contribution in [1.82, 2.24) is 10.3 Å². The molecule has 0 aliphatic rings. The molecule has 19 heavy (non-hydrogen) atoms. The van der Waals surface area contributed by atoms with Crippen LogP contribution in [0.3, 0.4) is 0 Å². The van der Waals surface area contributed by atoms with Gasteiger partial charge in [0.2, 0.25) is 0 Å². The highest BCUT2D eigenvalue weighted by atomic mass is 79.9. The number of nitrogens with one attached hydrogen (secondary N) is 1. The lowest BCUT2D eigenvalue weighted by atomic mass is 10.0. The molecule has 2 rings (SSSR count). The molecule has 3 nitrogen and oxygen atoms in total. The monoisotopic (exact) mass is 320 g/mol. The topological polar surface area (TPSA) is 45.1 Å². The van der Waals surface area contributed by atoms with Gasteiger partial charge in [-0.25, -0.2) is 0 Å². The molecule has 4 heteroatoms. The zero-order valence-corrected chi connectivity index (χ0v) is 12.2. The number of aromatic nitrogens is 1. The maximum atomic E-state index is 9.22. The molecule has 100 valence electrons. The summed E-state index contributed by atoms with van der Waals surface area (Å²) in [6.07, 6.45) is 2.46. The fourth-order valence-electron chi connectivity index (χ4n) is 1.98. The quantitative estimate of drug-likeness (QED) is 0.859. The number of rotatable bonds is 6. The molecule has 2 aromatic rings. The van der Waals surface area contributed by atoms with Gasteiger partial charge < -0.3 is 10.4 Å². The molecule has 2 N–H and O–H groups in total. The summed E-state index contributed by atoms with van der Waals surface area (Å²) in [5, 5.41) is 12.7. The fraction of sp³-hybridized carbons (Fsp3) is 0.267. The Hall–Kier alpha value is -1.23. The molecule has 0 saturated carbocycles. The lowest BCUT2D eigenvalue weighted by Crippen LogP contribution is -2.22. The van der Waals surface area contributed by atoms with Crippen LogP contribution >= 0.6 is 15.9 Å². The third-order valence-electron chi connectivity index (χ3n) is 2.95. The van der Waals surface area contributed by atoms with Crippen molar-refractivity contribution in [1.29, 1.82) is 0 Å². The Morgan fingerprint density at radius 2 is 1.95 bits per heavy atom. The van der Waals surface area contributed by atoms with Crippen molar-refractivity contribution in [3.05, 3.63) is 64.4 Å². The lowest BCUT2D eigenvalue weighted by Gasteiger charge is -2.19. The van der Waals surface area contributed by atoms with Crippen molar-refractivity contribution in [3.8, 4) is 0 Å². The molecule has 0 amide bonds. The molecular weight excluding hydrogens is 304 g/mol. The Morgan fingerprint density at radius 1 is 1.16 bits per heavy atom. The summed E-state index contributed by atoms with van der Waals surface area (Å²) in [6.45, 7) is 0.841.